The van der Waals surface area contributed by atoms with E-state index >= 15 is 0 Å². The molecular formula is C42H29N3. The van der Waals surface area contributed by atoms with Crippen LogP contribution in [0, 0.1) is 0 Å². The van der Waals surface area contributed by atoms with Crippen LogP contribution in [0.2, 0.25) is 0 Å². The first-order valence-corrected chi connectivity index (χ1v) is 15.4. The van der Waals surface area contributed by atoms with Crippen LogP contribution in [0.3, 0.4) is 0 Å². The summed E-state index contributed by atoms with van der Waals surface area (Å²) in [7, 11) is 0. The first-order chi connectivity index (χ1) is 22.4. The van der Waals surface area contributed by atoms with E-state index in [0.29, 0.717) is 0 Å². The monoisotopic (exact) mass is 575 g/mol. The van der Waals surface area contributed by atoms with Crippen LogP contribution < -0.4 is 4.90 Å². The van der Waals surface area contributed by atoms with E-state index in [-0.39, 0.29) is 0 Å². The predicted molar refractivity (Wildman–Crippen MR) is 190 cm³/mol. The number of hydrogen-bond acceptors (Lipinski definition) is 1. The Morgan fingerprint density at radius 3 is 1.42 bits per heavy atom. The van der Waals surface area contributed by atoms with Gasteiger partial charge in [-0.1, -0.05) is 103 Å². The lowest BCUT2D eigenvalue weighted by molar-refractivity contribution is 1.16. The standard InChI is InChI=1S/C42H29N3/c1-3-15-30(16-4-1)43(31-17-5-2-6-18-31)32-19-13-20-33(29-32)44-39-26-12-9-23-36(39)42-40(44)27-14-28-41(42)45-37-24-10-7-21-34(37)35-22-8-11-25-38(35)45/h1-29H. The van der Waals surface area contributed by atoms with Crippen molar-refractivity contribution in [2.45, 2.75) is 0 Å². The van der Waals surface area contributed by atoms with Gasteiger partial charge in [-0.3, -0.25) is 0 Å². The van der Waals surface area contributed by atoms with Crippen LogP contribution in [0.15, 0.2) is 176 Å². The maximum Gasteiger partial charge on any atom is 0.0562 e. The number of fused-ring (bicyclic) bond motifs is 6. The Bertz CT molecular complexity index is 2390. The molecule has 7 aromatic carbocycles. The molecule has 0 fully saturated rings. The fraction of sp³-hybridized carbons (Fsp3) is 0. The number of benzene rings is 7. The molecule has 45 heavy (non-hydrogen) atoms. The van der Waals surface area contributed by atoms with Gasteiger partial charge >= 0.3 is 0 Å². The van der Waals surface area contributed by atoms with Crippen molar-refractivity contribution in [2.75, 3.05) is 4.90 Å². The minimum absolute atomic E-state index is 1.11. The van der Waals surface area contributed by atoms with Crippen LogP contribution in [0.5, 0.6) is 0 Å². The van der Waals surface area contributed by atoms with Gasteiger partial charge in [-0.15, -0.1) is 0 Å². The molecule has 3 heteroatoms. The second-order valence-electron chi connectivity index (χ2n) is 11.4. The van der Waals surface area contributed by atoms with Crippen molar-refractivity contribution >= 4 is 60.7 Å². The third kappa shape index (κ3) is 3.98. The topological polar surface area (TPSA) is 13.1 Å². The Labute approximate surface area is 261 Å². The minimum Gasteiger partial charge on any atom is -0.310 e. The van der Waals surface area contributed by atoms with Crippen molar-refractivity contribution < 1.29 is 0 Å². The van der Waals surface area contributed by atoms with E-state index in [0.717, 1.165) is 22.7 Å². The smallest absolute Gasteiger partial charge is 0.0562 e. The average Bonchev–Trinajstić information content (AvgIpc) is 3.63. The lowest BCUT2D eigenvalue weighted by atomic mass is 10.1. The van der Waals surface area contributed by atoms with E-state index in [1.807, 2.05) is 0 Å². The maximum absolute atomic E-state index is 2.44. The molecule has 9 rings (SSSR count). The molecule has 0 saturated carbocycles. The summed E-state index contributed by atoms with van der Waals surface area (Å²) in [6, 6.07) is 63.0. The molecule has 0 spiro atoms. The molecule has 0 radical (unpaired) electrons. The van der Waals surface area contributed by atoms with Crippen molar-refractivity contribution in [3.05, 3.63) is 176 Å². The Kier molecular flexibility index (Phi) is 5.82. The number of anilines is 3. The van der Waals surface area contributed by atoms with Crippen molar-refractivity contribution in [3.8, 4) is 11.4 Å². The van der Waals surface area contributed by atoms with E-state index in [1.54, 1.807) is 0 Å². The molecule has 2 aromatic heterocycles. The summed E-state index contributed by atoms with van der Waals surface area (Å²) in [5, 5.41) is 5.01. The van der Waals surface area contributed by atoms with Gasteiger partial charge in [-0.25, -0.2) is 0 Å². The molecule has 0 aliphatic rings. The fourth-order valence-corrected chi connectivity index (χ4v) is 7.02. The molecule has 0 unspecified atom stereocenters. The summed E-state index contributed by atoms with van der Waals surface area (Å²) < 4.78 is 4.85. The van der Waals surface area contributed by atoms with Crippen LogP contribution in [-0.2, 0) is 0 Å². The molecular weight excluding hydrogens is 546 g/mol. The third-order valence-electron chi connectivity index (χ3n) is 8.87. The zero-order valence-electron chi connectivity index (χ0n) is 24.6. The average molecular weight is 576 g/mol. The van der Waals surface area contributed by atoms with E-state index in [2.05, 4.69) is 190 Å². The van der Waals surface area contributed by atoms with Gasteiger partial charge in [0.1, 0.15) is 0 Å². The Hall–Kier alpha value is -6.06. The largest absolute Gasteiger partial charge is 0.310 e. The van der Waals surface area contributed by atoms with E-state index in [9.17, 15) is 0 Å². The number of para-hydroxylation sites is 5. The Morgan fingerprint density at radius 2 is 0.800 bits per heavy atom. The number of nitrogens with zero attached hydrogens (tertiary/aromatic N) is 3. The molecule has 212 valence electrons. The summed E-state index contributed by atoms with van der Waals surface area (Å²) in [6.45, 7) is 0. The summed E-state index contributed by atoms with van der Waals surface area (Å²) >= 11 is 0. The zero-order chi connectivity index (χ0) is 29.7. The lowest BCUT2D eigenvalue weighted by Crippen LogP contribution is -2.10. The highest BCUT2D eigenvalue weighted by atomic mass is 15.1. The highest BCUT2D eigenvalue weighted by molar-refractivity contribution is 6.16. The Morgan fingerprint density at radius 1 is 0.333 bits per heavy atom. The zero-order valence-corrected chi connectivity index (χ0v) is 24.6. The second-order valence-corrected chi connectivity index (χ2v) is 11.4. The molecule has 0 amide bonds. The molecule has 0 aliphatic heterocycles. The van der Waals surface area contributed by atoms with Crippen molar-refractivity contribution in [3.63, 3.8) is 0 Å². The van der Waals surface area contributed by atoms with Gasteiger partial charge in [-0.2, -0.15) is 0 Å². The lowest BCUT2D eigenvalue weighted by Gasteiger charge is -2.26. The first kappa shape index (κ1) is 25.4. The highest BCUT2D eigenvalue weighted by Crippen LogP contribution is 2.41. The van der Waals surface area contributed by atoms with Crippen molar-refractivity contribution in [2.24, 2.45) is 0 Å². The van der Waals surface area contributed by atoms with Crippen LogP contribution in [-0.4, -0.2) is 9.13 Å². The number of hydrogen-bond donors (Lipinski definition) is 0. The van der Waals surface area contributed by atoms with Gasteiger partial charge in [0.25, 0.3) is 0 Å². The molecule has 0 saturated heterocycles. The molecule has 9 aromatic rings. The molecule has 3 nitrogen and oxygen atoms in total. The molecule has 2 heterocycles. The van der Waals surface area contributed by atoms with E-state index < -0.39 is 0 Å². The SMILES string of the molecule is c1ccc(N(c2ccccc2)c2cccc(-n3c4ccccc4c4c(-n5c6ccccc6c6ccccc65)cccc43)c2)cc1. The first-order valence-electron chi connectivity index (χ1n) is 15.4. The normalized spacial score (nSPS) is 11.6. The molecule has 0 aliphatic carbocycles. The van der Waals surface area contributed by atoms with Crippen LogP contribution in [0.1, 0.15) is 0 Å². The second kappa shape index (κ2) is 10.3. The summed E-state index contributed by atoms with van der Waals surface area (Å²) in [5.41, 5.74) is 10.4. The Balaban J connectivity index is 1.32. The van der Waals surface area contributed by atoms with Gasteiger partial charge in [0.2, 0.25) is 0 Å². The van der Waals surface area contributed by atoms with Gasteiger partial charge in [0, 0.05) is 44.3 Å². The third-order valence-corrected chi connectivity index (χ3v) is 8.87. The van der Waals surface area contributed by atoms with Crippen molar-refractivity contribution in [1.29, 1.82) is 0 Å². The van der Waals surface area contributed by atoms with E-state index in [4.69, 9.17) is 0 Å². The summed E-state index contributed by atoms with van der Waals surface area (Å²) in [6.07, 6.45) is 0. The van der Waals surface area contributed by atoms with Gasteiger partial charge < -0.3 is 14.0 Å². The van der Waals surface area contributed by atoms with Crippen LogP contribution in [0.4, 0.5) is 17.1 Å². The fourth-order valence-electron chi connectivity index (χ4n) is 7.02. The number of aromatic nitrogens is 2. The van der Waals surface area contributed by atoms with E-state index in [1.165, 1.54) is 49.3 Å². The van der Waals surface area contributed by atoms with Crippen LogP contribution in [0.25, 0.3) is 55.0 Å². The van der Waals surface area contributed by atoms with Gasteiger partial charge in [0.05, 0.1) is 27.8 Å². The molecule has 0 N–H and O–H groups in total. The number of rotatable bonds is 5. The predicted octanol–water partition coefficient (Wildman–Crippen LogP) is 11.4. The molecule has 0 atom stereocenters. The molecule has 0 bridgehead atoms. The quantitative estimate of drug-likeness (QED) is 0.199. The maximum atomic E-state index is 2.44. The van der Waals surface area contributed by atoms with Gasteiger partial charge in [0.15, 0.2) is 0 Å². The highest BCUT2D eigenvalue weighted by Gasteiger charge is 2.20. The summed E-state index contributed by atoms with van der Waals surface area (Å²) in [5.74, 6) is 0. The summed E-state index contributed by atoms with van der Waals surface area (Å²) in [4.78, 5) is 2.32. The van der Waals surface area contributed by atoms with Crippen LogP contribution >= 0.6 is 0 Å². The van der Waals surface area contributed by atoms with Crippen molar-refractivity contribution in [1.82, 2.24) is 9.13 Å². The van der Waals surface area contributed by atoms with Gasteiger partial charge in [-0.05, 0) is 72.8 Å². The minimum atomic E-state index is 1.11.